The molecular formula is C9H7Br2F2NO2. The van der Waals surface area contributed by atoms with E-state index in [1.165, 1.54) is 6.07 Å². The molecule has 0 aliphatic heterocycles. The number of rotatable bonds is 4. The zero-order valence-electron chi connectivity index (χ0n) is 7.88. The summed E-state index contributed by atoms with van der Waals surface area (Å²) in [5.74, 6) is -1.17. The Hall–Kier alpha value is -0.560. The summed E-state index contributed by atoms with van der Waals surface area (Å²) in [6, 6.07) is 1.21. The van der Waals surface area contributed by atoms with Gasteiger partial charge in [0.1, 0.15) is 4.60 Å². The van der Waals surface area contributed by atoms with Gasteiger partial charge in [-0.25, -0.2) is 13.8 Å². The monoisotopic (exact) mass is 357 g/mol. The predicted molar refractivity (Wildman–Crippen MR) is 60.9 cm³/mol. The van der Waals surface area contributed by atoms with Gasteiger partial charge < -0.3 is 5.11 Å². The minimum Gasteiger partial charge on any atom is -0.481 e. The maximum absolute atomic E-state index is 12.7. The van der Waals surface area contributed by atoms with Gasteiger partial charge in [-0.1, -0.05) is 15.9 Å². The molecule has 0 fully saturated rings. The Bertz CT molecular complexity index is 413. The molecule has 0 saturated carbocycles. The summed E-state index contributed by atoms with van der Waals surface area (Å²) in [4.78, 5) is 14.5. The highest BCUT2D eigenvalue weighted by Crippen LogP contribution is 2.29. The van der Waals surface area contributed by atoms with Crippen molar-refractivity contribution in [1.29, 1.82) is 0 Å². The van der Waals surface area contributed by atoms with Crippen molar-refractivity contribution in [2.45, 2.75) is 18.2 Å². The lowest BCUT2D eigenvalue weighted by molar-refractivity contribution is -0.136. The van der Waals surface area contributed by atoms with E-state index >= 15 is 0 Å². The standard InChI is InChI=1S/C9H7Br2F2NO2/c10-3-4-1-6(9(12)13)5(2-7(15)16)8(11)14-4/h1,9H,2-3H2,(H,15,16). The number of hydrogen-bond donors (Lipinski definition) is 1. The van der Waals surface area contributed by atoms with Crippen molar-refractivity contribution < 1.29 is 18.7 Å². The zero-order chi connectivity index (χ0) is 12.3. The second kappa shape index (κ2) is 5.67. The van der Waals surface area contributed by atoms with E-state index in [1.54, 1.807) is 0 Å². The van der Waals surface area contributed by atoms with Crippen LogP contribution in [-0.2, 0) is 16.5 Å². The number of nitrogens with zero attached hydrogens (tertiary/aromatic N) is 1. The van der Waals surface area contributed by atoms with E-state index in [2.05, 4.69) is 36.8 Å². The molecule has 0 radical (unpaired) electrons. The second-order valence-corrected chi connectivity index (χ2v) is 4.29. The average Bonchev–Trinajstić information content (AvgIpc) is 2.19. The predicted octanol–water partition coefficient (Wildman–Crippen LogP) is 3.30. The van der Waals surface area contributed by atoms with Gasteiger partial charge in [0.25, 0.3) is 6.43 Å². The van der Waals surface area contributed by atoms with Gasteiger partial charge in [0, 0.05) is 16.5 Å². The molecule has 0 aromatic carbocycles. The Morgan fingerprint density at radius 1 is 1.56 bits per heavy atom. The van der Waals surface area contributed by atoms with Crippen molar-refractivity contribution >= 4 is 37.8 Å². The number of halogens is 4. The number of aliphatic carboxylic acids is 1. The van der Waals surface area contributed by atoms with Gasteiger partial charge in [-0.15, -0.1) is 0 Å². The Balaban J connectivity index is 3.27. The molecule has 0 bridgehead atoms. The van der Waals surface area contributed by atoms with Crippen LogP contribution in [0.3, 0.4) is 0 Å². The van der Waals surface area contributed by atoms with Crippen LogP contribution in [0.25, 0.3) is 0 Å². The van der Waals surface area contributed by atoms with Gasteiger partial charge in [0.2, 0.25) is 0 Å². The Kier molecular flexibility index (Phi) is 4.79. The molecule has 3 nitrogen and oxygen atoms in total. The maximum atomic E-state index is 12.7. The van der Waals surface area contributed by atoms with Crippen LogP contribution >= 0.6 is 31.9 Å². The summed E-state index contributed by atoms with van der Waals surface area (Å²) in [7, 11) is 0. The summed E-state index contributed by atoms with van der Waals surface area (Å²) in [6.45, 7) is 0. The van der Waals surface area contributed by atoms with Crippen molar-refractivity contribution in [3.63, 3.8) is 0 Å². The van der Waals surface area contributed by atoms with Crippen molar-refractivity contribution in [3.8, 4) is 0 Å². The fraction of sp³-hybridized carbons (Fsp3) is 0.333. The molecule has 1 aromatic heterocycles. The summed E-state index contributed by atoms with van der Waals surface area (Å²) >= 11 is 6.11. The van der Waals surface area contributed by atoms with Gasteiger partial charge in [-0.2, -0.15) is 0 Å². The molecule has 0 unspecified atom stereocenters. The van der Waals surface area contributed by atoms with Gasteiger partial charge in [0.05, 0.1) is 12.1 Å². The van der Waals surface area contributed by atoms with Crippen molar-refractivity contribution in [3.05, 3.63) is 27.5 Å². The van der Waals surface area contributed by atoms with E-state index in [4.69, 9.17) is 5.11 Å². The normalized spacial score (nSPS) is 10.8. The van der Waals surface area contributed by atoms with E-state index in [1.807, 2.05) is 0 Å². The zero-order valence-corrected chi connectivity index (χ0v) is 11.1. The highest BCUT2D eigenvalue weighted by atomic mass is 79.9. The first-order chi connectivity index (χ1) is 7.45. The maximum Gasteiger partial charge on any atom is 0.307 e. The molecule has 1 rings (SSSR count). The Morgan fingerprint density at radius 3 is 2.62 bits per heavy atom. The largest absolute Gasteiger partial charge is 0.481 e. The number of alkyl halides is 3. The summed E-state index contributed by atoms with van der Waals surface area (Å²) in [5, 5.41) is 8.95. The van der Waals surface area contributed by atoms with Crippen LogP contribution in [-0.4, -0.2) is 16.1 Å². The van der Waals surface area contributed by atoms with Gasteiger partial charge >= 0.3 is 5.97 Å². The first-order valence-corrected chi connectivity index (χ1v) is 6.11. The molecule has 0 aliphatic rings. The van der Waals surface area contributed by atoms with Crippen molar-refractivity contribution in [2.75, 3.05) is 0 Å². The molecule has 0 atom stereocenters. The van der Waals surface area contributed by atoms with Crippen LogP contribution in [0, 0.1) is 0 Å². The SMILES string of the molecule is O=C(O)Cc1c(C(F)F)cc(CBr)nc1Br. The Morgan fingerprint density at radius 2 is 2.19 bits per heavy atom. The quantitative estimate of drug-likeness (QED) is 0.663. The number of carbonyl (C=O) groups is 1. The fourth-order valence-electron chi connectivity index (χ4n) is 1.20. The average molecular weight is 359 g/mol. The molecule has 7 heteroatoms. The number of carboxylic acids is 1. The third-order valence-electron chi connectivity index (χ3n) is 1.86. The molecule has 0 spiro atoms. The minimum atomic E-state index is -2.72. The number of hydrogen-bond acceptors (Lipinski definition) is 2. The fourth-order valence-corrected chi connectivity index (χ4v) is 2.09. The number of carboxylic acid groups (broad SMARTS) is 1. The summed E-state index contributed by atoms with van der Waals surface area (Å²) < 4.78 is 25.6. The lowest BCUT2D eigenvalue weighted by Crippen LogP contribution is -2.07. The van der Waals surface area contributed by atoms with Gasteiger partial charge in [0.15, 0.2) is 0 Å². The first kappa shape index (κ1) is 13.5. The van der Waals surface area contributed by atoms with E-state index in [0.717, 1.165) is 0 Å². The van der Waals surface area contributed by atoms with Crippen LogP contribution in [0.15, 0.2) is 10.7 Å². The van der Waals surface area contributed by atoms with Crippen LogP contribution in [0.5, 0.6) is 0 Å². The molecule has 88 valence electrons. The molecule has 0 aliphatic carbocycles. The molecule has 0 saturated heterocycles. The smallest absolute Gasteiger partial charge is 0.307 e. The molecule has 1 aromatic rings. The molecule has 1 heterocycles. The van der Waals surface area contributed by atoms with Crippen LogP contribution in [0.2, 0.25) is 0 Å². The topological polar surface area (TPSA) is 50.2 Å². The van der Waals surface area contributed by atoms with Crippen molar-refractivity contribution in [2.24, 2.45) is 0 Å². The lowest BCUT2D eigenvalue weighted by atomic mass is 10.1. The first-order valence-electron chi connectivity index (χ1n) is 4.19. The van der Waals surface area contributed by atoms with Gasteiger partial charge in [-0.3, -0.25) is 4.79 Å². The molecule has 16 heavy (non-hydrogen) atoms. The third-order valence-corrected chi connectivity index (χ3v) is 3.09. The van der Waals surface area contributed by atoms with Crippen molar-refractivity contribution in [1.82, 2.24) is 4.98 Å². The lowest BCUT2D eigenvalue weighted by Gasteiger charge is -2.10. The van der Waals surface area contributed by atoms with E-state index in [0.29, 0.717) is 11.0 Å². The van der Waals surface area contributed by atoms with E-state index in [-0.39, 0.29) is 15.7 Å². The number of aromatic nitrogens is 1. The van der Waals surface area contributed by atoms with Crippen LogP contribution in [0.1, 0.15) is 23.2 Å². The summed E-state index contributed by atoms with van der Waals surface area (Å²) in [5.41, 5.74) is 0.155. The summed E-state index contributed by atoms with van der Waals surface area (Å²) in [6.07, 6.45) is -3.19. The third kappa shape index (κ3) is 3.21. The van der Waals surface area contributed by atoms with Crippen LogP contribution in [0.4, 0.5) is 8.78 Å². The number of pyridine rings is 1. The van der Waals surface area contributed by atoms with E-state index < -0.39 is 18.8 Å². The highest BCUT2D eigenvalue weighted by Gasteiger charge is 2.19. The molecular weight excluding hydrogens is 352 g/mol. The highest BCUT2D eigenvalue weighted by molar-refractivity contribution is 9.10. The Labute approximate surface area is 107 Å². The molecule has 0 amide bonds. The molecule has 1 N–H and O–H groups in total. The van der Waals surface area contributed by atoms with E-state index in [9.17, 15) is 13.6 Å². The minimum absolute atomic E-state index is 0.0206. The van der Waals surface area contributed by atoms with Gasteiger partial charge in [-0.05, 0) is 22.0 Å². The second-order valence-electron chi connectivity index (χ2n) is 2.98. The van der Waals surface area contributed by atoms with Crippen LogP contribution < -0.4 is 0 Å².